The van der Waals surface area contributed by atoms with Gasteiger partial charge in [0.1, 0.15) is 0 Å². The van der Waals surface area contributed by atoms with E-state index in [0.717, 1.165) is 6.42 Å². The minimum Gasteiger partial charge on any atom is -0.478 e. The monoisotopic (exact) mass is 264 g/mol. The Hall–Kier alpha value is -1.31. The summed E-state index contributed by atoms with van der Waals surface area (Å²) in [6.45, 7) is 8.19. The predicted molar refractivity (Wildman–Crippen MR) is 82.2 cm³/mol. The Balaban J connectivity index is 4.87. The van der Waals surface area contributed by atoms with Crippen molar-refractivity contribution in [2.45, 2.75) is 59.8 Å². The summed E-state index contributed by atoms with van der Waals surface area (Å²) >= 11 is 0. The molecule has 2 nitrogen and oxygen atoms in total. The molecule has 0 aliphatic carbocycles. The van der Waals surface area contributed by atoms with Crippen LogP contribution in [0.25, 0.3) is 0 Å². The maximum absolute atomic E-state index is 11.0. The zero-order valence-corrected chi connectivity index (χ0v) is 12.8. The molecule has 108 valence electrons. The first-order valence-electron chi connectivity index (χ1n) is 7.34. The number of hydrogen-bond donors (Lipinski definition) is 1. The van der Waals surface area contributed by atoms with Crippen LogP contribution in [0, 0.1) is 5.92 Å². The molecule has 0 fully saturated rings. The van der Waals surface area contributed by atoms with Crippen LogP contribution in [-0.4, -0.2) is 11.1 Å². The van der Waals surface area contributed by atoms with Crippen molar-refractivity contribution in [2.24, 2.45) is 5.92 Å². The number of rotatable bonds is 9. The van der Waals surface area contributed by atoms with Gasteiger partial charge in [-0.15, -0.1) is 0 Å². The molecule has 0 bridgehead atoms. The van der Waals surface area contributed by atoms with Gasteiger partial charge in [0.25, 0.3) is 0 Å². The molecule has 1 N–H and O–H groups in total. The molecule has 1 atom stereocenters. The molecule has 0 amide bonds. The summed E-state index contributed by atoms with van der Waals surface area (Å²) in [5.41, 5.74) is 1.61. The molecule has 0 saturated heterocycles. The predicted octanol–water partition coefficient (Wildman–Crippen LogP) is 5.13. The van der Waals surface area contributed by atoms with Crippen molar-refractivity contribution < 1.29 is 9.90 Å². The highest BCUT2D eigenvalue weighted by atomic mass is 16.4. The van der Waals surface area contributed by atoms with Crippen molar-refractivity contribution in [1.82, 2.24) is 0 Å². The summed E-state index contributed by atoms with van der Waals surface area (Å²) in [6, 6.07) is 0. The molecule has 0 aromatic rings. The van der Waals surface area contributed by atoms with Crippen LogP contribution in [0.2, 0.25) is 0 Å². The molecule has 1 unspecified atom stereocenters. The van der Waals surface area contributed by atoms with Crippen molar-refractivity contribution in [2.75, 3.05) is 0 Å². The summed E-state index contributed by atoms with van der Waals surface area (Å²) in [4.78, 5) is 11.0. The molecular weight excluding hydrogens is 236 g/mol. The molecular formula is C17H28O2. The van der Waals surface area contributed by atoms with E-state index in [9.17, 15) is 4.79 Å². The van der Waals surface area contributed by atoms with E-state index in [-0.39, 0.29) is 0 Å². The van der Waals surface area contributed by atoms with E-state index >= 15 is 0 Å². The van der Waals surface area contributed by atoms with Gasteiger partial charge in [-0.05, 0) is 44.3 Å². The summed E-state index contributed by atoms with van der Waals surface area (Å²) < 4.78 is 0. The summed E-state index contributed by atoms with van der Waals surface area (Å²) in [5.74, 6) is -0.312. The van der Waals surface area contributed by atoms with Crippen LogP contribution in [-0.2, 0) is 4.79 Å². The topological polar surface area (TPSA) is 37.3 Å². The van der Waals surface area contributed by atoms with Gasteiger partial charge in [0.05, 0.1) is 5.57 Å². The highest BCUT2D eigenvalue weighted by Gasteiger charge is 2.11. The van der Waals surface area contributed by atoms with Gasteiger partial charge in [0.2, 0.25) is 0 Å². The number of carbonyl (C=O) groups is 1. The fraction of sp³-hybridized carbons (Fsp3) is 0.588. The average Bonchev–Trinajstić information content (AvgIpc) is 2.40. The zero-order chi connectivity index (χ0) is 14.7. The molecule has 0 aromatic carbocycles. The van der Waals surface area contributed by atoms with E-state index < -0.39 is 5.97 Å². The van der Waals surface area contributed by atoms with E-state index in [4.69, 9.17) is 5.11 Å². The first kappa shape index (κ1) is 17.7. The minimum atomic E-state index is -0.866. The Kier molecular flexibility index (Phi) is 9.87. The molecule has 0 saturated carbocycles. The third-order valence-corrected chi connectivity index (χ3v) is 3.36. The molecule has 0 aromatic heterocycles. The van der Waals surface area contributed by atoms with Gasteiger partial charge in [-0.1, -0.05) is 51.3 Å². The van der Waals surface area contributed by atoms with Crippen molar-refractivity contribution >= 4 is 5.97 Å². The fourth-order valence-electron chi connectivity index (χ4n) is 2.22. The quantitative estimate of drug-likeness (QED) is 0.463. The van der Waals surface area contributed by atoms with Crippen molar-refractivity contribution in [1.29, 1.82) is 0 Å². The maximum atomic E-state index is 11.0. The van der Waals surface area contributed by atoms with Crippen molar-refractivity contribution in [3.05, 3.63) is 35.5 Å². The lowest BCUT2D eigenvalue weighted by Crippen LogP contribution is -2.03. The normalized spacial score (nSPS) is 14.9. The summed E-state index contributed by atoms with van der Waals surface area (Å²) in [5, 5.41) is 9.00. The van der Waals surface area contributed by atoms with Crippen LogP contribution in [0.15, 0.2) is 35.5 Å². The second-order valence-electron chi connectivity index (χ2n) is 4.80. The standard InChI is InChI=1S/C17H28O2/c1-5-9-11-16(10-6-2)14(7-3)12-13-15(8-4)17(18)19/h7-8,12-13,16H,5-6,9-11H2,1-4H3,(H,18,19)/b13-12-,14-7+,15-8+. The van der Waals surface area contributed by atoms with E-state index in [1.807, 2.05) is 13.0 Å². The van der Waals surface area contributed by atoms with Crippen LogP contribution in [0.3, 0.4) is 0 Å². The lowest BCUT2D eigenvalue weighted by atomic mass is 9.88. The van der Waals surface area contributed by atoms with Crippen molar-refractivity contribution in [3.63, 3.8) is 0 Å². The van der Waals surface area contributed by atoms with Gasteiger partial charge >= 0.3 is 5.97 Å². The number of unbranched alkanes of at least 4 members (excludes halogenated alkanes) is 1. The molecule has 0 heterocycles. The van der Waals surface area contributed by atoms with Crippen LogP contribution < -0.4 is 0 Å². The number of hydrogen-bond acceptors (Lipinski definition) is 1. The molecule has 19 heavy (non-hydrogen) atoms. The summed E-state index contributed by atoms with van der Waals surface area (Å²) in [6.07, 6.45) is 13.4. The lowest BCUT2D eigenvalue weighted by Gasteiger charge is -2.17. The van der Waals surface area contributed by atoms with Crippen LogP contribution >= 0.6 is 0 Å². The number of carboxylic acid groups (broad SMARTS) is 1. The van der Waals surface area contributed by atoms with E-state index in [2.05, 4.69) is 19.9 Å². The zero-order valence-electron chi connectivity index (χ0n) is 12.8. The average molecular weight is 264 g/mol. The van der Waals surface area contributed by atoms with Gasteiger partial charge in [-0.3, -0.25) is 0 Å². The van der Waals surface area contributed by atoms with E-state index in [0.29, 0.717) is 11.5 Å². The number of allylic oxidation sites excluding steroid dienone is 4. The number of aliphatic carboxylic acids is 1. The Morgan fingerprint density at radius 3 is 2.16 bits per heavy atom. The Bertz CT molecular complexity index is 348. The summed E-state index contributed by atoms with van der Waals surface area (Å²) in [7, 11) is 0. The second kappa shape index (κ2) is 10.6. The van der Waals surface area contributed by atoms with Gasteiger partial charge < -0.3 is 5.11 Å². The molecule has 2 heteroatoms. The molecule has 0 rings (SSSR count). The van der Waals surface area contributed by atoms with Crippen LogP contribution in [0.1, 0.15) is 59.8 Å². The van der Waals surface area contributed by atoms with Gasteiger partial charge in [-0.2, -0.15) is 0 Å². The van der Waals surface area contributed by atoms with Gasteiger partial charge in [-0.25, -0.2) is 4.79 Å². The number of carboxylic acids is 1. The highest BCUT2D eigenvalue weighted by molar-refractivity contribution is 5.89. The van der Waals surface area contributed by atoms with Crippen LogP contribution in [0.5, 0.6) is 0 Å². The SMILES string of the molecule is C\C=C(/C=C\C(=C/C)C(=O)O)C(CCC)CCCC. The molecule has 0 aliphatic heterocycles. The van der Waals surface area contributed by atoms with Crippen LogP contribution in [0.4, 0.5) is 0 Å². The smallest absolute Gasteiger partial charge is 0.335 e. The first-order valence-corrected chi connectivity index (χ1v) is 7.34. The highest BCUT2D eigenvalue weighted by Crippen LogP contribution is 2.24. The Morgan fingerprint density at radius 2 is 1.74 bits per heavy atom. The maximum Gasteiger partial charge on any atom is 0.335 e. The third-order valence-electron chi connectivity index (χ3n) is 3.36. The third kappa shape index (κ3) is 7.00. The van der Waals surface area contributed by atoms with E-state index in [1.54, 1.807) is 19.1 Å². The van der Waals surface area contributed by atoms with Gasteiger partial charge in [0.15, 0.2) is 0 Å². The largest absolute Gasteiger partial charge is 0.478 e. The Morgan fingerprint density at radius 1 is 1.05 bits per heavy atom. The first-order chi connectivity index (χ1) is 9.10. The molecule has 0 spiro atoms. The minimum absolute atomic E-state index is 0.352. The lowest BCUT2D eigenvalue weighted by molar-refractivity contribution is -0.132. The Labute approximate surface area is 117 Å². The second-order valence-corrected chi connectivity index (χ2v) is 4.80. The van der Waals surface area contributed by atoms with Crippen molar-refractivity contribution in [3.8, 4) is 0 Å². The van der Waals surface area contributed by atoms with Gasteiger partial charge in [0, 0.05) is 0 Å². The molecule has 0 radical (unpaired) electrons. The fourth-order valence-corrected chi connectivity index (χ4v) is 2.22. The van der Waals surface area contributed by atoms with E-state index in [1.165, 1.54) is 31.3 Å². The molecule has 0 aliphatic rings.